The average Bonchev–Trinajstić information content (AvgIpc) is 2.26. The molecule has 0 fully saturated rings. The van der Waals surface area contributed by atoms with Gasteiger partial charge in [-0.2, -0.15) is 0 Å². The van der Waals surface area contributed by atoms with Gasteiger partial charge in [0.05, 0.1) is 20.3 Å². The van der Waals surface area contributed by atoms with Crippen LogP contribution in [0.5, 0.6) is 11.5 Å². The van der Waals surface area contributed by atoms with Crippen LogP contribution in [0.25, 0.3) is 0 Å². The van der Waals surface area contributed by atoms with Crippen molar-refractivity contribution in [1.29, 1.82) is 0 Å². The summed E-state index contributed by atoms with van der Waals surface area (Å²) in [4.78, 5) is 11.9. The van der Waals surface area contributed by atoms with Gasteiger partial charge in [-0.05, 0) is 19.1 Å². The van der Waals surface area contributed by atoms with Gasteiger partial charge in [-0.25, -0.2) is 0 Å². The molecule has 2 N–H and O–H groups in total. The zero-order valence-electron chi connectivity index (χ0n) is 9.41. The second-order valence-corrected chi connectivity index (χ2v) is 4.25. The summed E-state index contributed by atoms with van der Waals surface area (Å²) < 4.78 is 11.1. The van der Waals surface area contributed by atoms with Crippen molar-refractivity contribution >= 4 is 21.7 Å². The molecule has 0 spiro atoms. The van der Waals surface area contributed by atoms with Crippen molar-refractivity contribution in [1.82, 2.24) is 0 Å². The Hall–Kier alpha value is -1.07. The molecule has 0 aliphatic heterocycles. The summed E-state index contributed by atoms with van der Waals surface area (Å²) in [6.45, 7) is 1.63. The Kier molecular flexibility index (Phi) is 4.32. The van der Waals surface area contributed by atoms with E-state index in [1.54, 1.807) is 19.1 Å². The summed E-state index contributed by atoms with van der Waals surface area (Å²) in [6.07, 6.45) is 0. The van der Waals surface area contributed by atoms with Gasteiger partial charge in [-0.1, -0.05) is 15.9 Å². The summed E-state index contributed by atoms with van der Waals surface area (Å²) in [5.41, 5.74) is 5.96. The summed E-state index contributed by atoms with van der Waals surface area (Å²) in [5.74, 6) is 0.697. The van der Waals surface area contributed by atoms with Crippen molar-refractivity contribution in [2.75, 3.05) is 14.2 Å². The third kappa shape index (κ3) is 2.54. The molecule has 0 aromatic heterocycles. The Morgan fingerprint density at radius 3 is 2.06 bits per heavy atom. The molecule has 0 saturated heterocycles. The fourth-order valence-corrected chi connectivity index (χ4v) is 1.77. The van der Waals surface area contributed by atoms with Crippen LogP contribution in [0, 0.1) is 0 Å². The molecule has 1 unspecified atom stereocenters. The van der Waals surface area contributed by atoms with Crippen molar-refractivity contribution in [2.24, 2.45) is 5.73 Å². The Bertz CT molecular complexity index is 379. The molecule has 0 saturated carbocycles. The molecule has 0 aliphatic carbocycles. The van der Waals surface area contributed by atoms with Crippen LogP contribution in [0.15, 0.2) is 16.6 Å². The van der Waals surface area contributed by atoms with Crippen LogP contribution in [0.4, 0.5) is 0 Å². The third-order valence-corrected chi connectivity index (χ3v) is 2.59. The van der Waals surface area contributed by atoms with Gasteiger partial charge in [-0.3, -0.25) is 4.79 Å². The molecule has 0 radical (unpaired) electrons. The normalized spacial score (nSPS) is 12.1. The molecule has 88 valence electrons. The quantitative estimate of drug-likeness (QED) is 0.861. The molecular formula is C11H14BrNO3. The highest BCUT2D eigenvalue weighted by Gasteiger charge is 2.21. The first-order chi connectivity index (χ1) is 7.51. The number of carbonyl (C=O) groups excluding carboxylic acids is 1. The molecule has 1 rings (SSSR count). The molecular weight excluding hydrogens is 274 g/mol. The minimum absolute atomic E-state index is 0.207. The van der Waals surface area contributed by atoms with Crippen LogP contribution in [-0.2, 0) is 0 Å². The van der Waals surface area contributed by atoms with Crippen molar-refractivity contribution in [3.63, 3.8) is 0 Å². The van der Waals surface area contributed by atoms with Crippen molar-refractivity contribution in [2.45, 2.75) is 13.0 Å². The highest BCUT2D eigenvalue weighted by Crippen LogP contribution is 2.33. The van der Waals surface area contributed by atoms with Gasteiger partial charge in [0, 0.05) is 4.47 Å². The first kappa shape index (κ1) is 13.0. The van der Waals surface area contributed by atoms with E-state index in [4.69, 9.17) is 15.2 Å². The third-order valence-electron chi connectivity index (χ3n) is 2.13. The Labute approximate surface area is 103 Å². The van der Waals surface area contributed by atoms with Crippen molar-refractivity contribution in [3.8, 4) is 11.5 Å². The van der Waals surface area contributed by atoms with E-state index in [-0.39, 0.29) is 5.78 Å². The smallest absolute Gasteiger partial charge is 0.186 e. The lowest BCUT2D eigenvalue weighted by atomic mass is 10.0. The van der Waals surface area contributed by atoms with Gasteiger partial charge < -0.3 is 15.2 Å². The van der Waals surface area contributed by atoms with E-state index in [2.05, 4.69) is 15.9 Å². The zero-order valence-corrected chi connectivity index (χ0v) is 11.0. The molecule has 0 amide bonds. The van der Waals surface area contributed by atoms with E-state index in [1.807, 2.05) is 0 Å². The Morgan fingerprint density at radius 1 is 1.31 bits per heavy atom. The Balaban J connectivity index is 3.38. The molecule has 5 heteroatoms. The topological polar surface area (TPSA) is 61.5 Å². The number of nitrogens with two attached hydrogens (primary N) is 1. The minimum Gasteiger partial charge on any atom is -0.496 e. The summed E-state index contributed by atoms with van der Waals surface area (Å²) in [7, 11) is 3.00. The SMILES string of the molecule is COc1cc(Br)cc(OC)c1C(=O)C(C)N. The number of benzene rings is 1. The standard InChI is InChI=1S/C11H14BrNO3/c1-6(13)11(14)10-8(15-2)4-7(12)5-9(10)16-3/h4-6H,13H2,1-3H3. The van der Waals surface area contributed by atoms with Crippen LogP contribution < -0.4 is 15.2 Å². The number of methoxy groups -OCH3 is 2. The lowest BCUT2D eigenvalue weighted by Gasteiger charge is -2.14. The number of carbonyl (C=O) groups is 1. The van der Waals surface area contributed by atoms with Crippen LogP contribution in [0.2, 0.25) is 0 Å². The fourth-order valence-electron chi connectivity index (χ4n) is 1.35. The number of Topliss-reactive ketones (excluding diaryl/α,β-unsaturated/α-hetero) is 1. The first-order valence-corrected chi connectivity index (χ1v) is 5.51. The van der Waals surface area contributed by atoms with Gasteiger partial charge in [0.15, 0.2) is 5.78 Å². The zero-order chi connectivity index (χ0) is 12.3. The van der Waals surface area contributed by atoms with E-state index < -0.39 is 6.04 Å². The lowest BCUT2D eigenvalue weighted by molar-refractivity contribution is 0.0961. The number of rotatable bonds is 4. The van der Waals surface area contributed by atoms with Crippen molar-refractivity contribution < 1.29 is 14.3 Å². The first-order valence-electron chi connectivity index (χ1n) is 4.72. The summed E-state index contributed by atoms with van der Waals surface area (Å²) in [6, 6.07) is 2.82. The monoisotopic (exact) mass is 287 g/mol. The second-order valence-electron chi connectivity index (χ2n) is 3.34. The maximum Gasteiger partial charge on any atom is 0.186 e. The maximum absolute atomic E-state index is 11.9. The molecule has 1 aromatic carbocycles. The number of halogens is 1. The molecule has 1 atom stereocenters. The van der Waals surface area contributed by atoms with Crippen LogP contribution in [0.1, 0.15) is 17.3 Å². The van der Waals surface area contributed by atoms with E-state index in [0.717, 1.165) is 4.47 Å². The van der Waals surface area contributed by atoms with E-state index >= 15 is 0 Å². The predicted molar refractivity (Wildman–Crippen MR) is 65.2 cm³/mol. The maximum atomic E-state index is 11.9. The second kappa shape index (κ2) is 5.32. The number of ketones is 1. The highest BCUT2D eigenvalue weighted by molar-refractivity contribution is 9.10. The molecule has 16 heavy (non-hydrogen) atoms. The predicted octanol–water partition coefficient (Wildman–Crippen LogP) is 2.00. The van der Waals surface area contributed by atoms with Crippen LogP contribution in [-0.4, -0.2) is 26.0 Å². The molecule has 1 aromatic rings. The van der Waals surface area contributed by atoms with Crippen LogP contribution >= 0.6 is 15.9 Å². The van der Waals surface area contributed by atoms with Gasteiger partial charge in [0.2, 0.25) is 0 Å². The summed E-state index contributed by atoms with van der Waals surface area (Å²) >= 11 is 3.31. The lowest BCUT2D eigenvalue weighted by Crippen LogP contribution is -2.27. The summed E-state index contributed by atoms with van der Waals surface area (Å²) in [5, 5.41) is 0. The molecule has 0 bridgehead atoms. The van der Waals surface area contributed by atoms with E-state index in [0.29, 0.717) is 17.1 Å². The molecule has 0 heterocycles. The van der Waals surface area contributed by atoms with E-state index in [9.17, 15) is 4.79 Å². The van der Waals surface area contributed by atoms with Gasteiger partial charge >= 0.3 is 0 Å². The highest BCUT2D eigenvalue weighted by atomic mass is 79.9. The van der Waals surface area contributed by atoms with Gasteiger partial charge in [-0.15, -0.1) is 0 Å². The number of hydrogen-bond donors (Lipinski definition) is 1. The number of hydrogen-bond acceptors (Lipinski definition) is 4. The largest absolute Gasteiger partial charge is 0.496 e. The Morgan fingerprint density at radius 2 is 1.75 bits per heavy atom. The van der Waals surface area contributed by atoms with Crippen LogP contribution in [0.3, 0.4) is 0 Å². The minimum atomic E-state index is -0.594. The van der Waals surface area contributed by atoms with E-state index in [1.165, 1.54) is 14.2 Å². The number of ether oxygens (including phenoxy) is 2. The molecule has 4 nitrogen and oxygen atoms in total. The molecule has 0 aliphatic rings. The van der Waals surface area contributed by atoms with Crippen molar-refractivity contribution in [3.05, 3.63) is 22.2 Å². The average molecular weight is 288 g/mol. The fraction of sp³-hybridized carbons (Fsp3) is 0.364. The van der Waals surface area contributed by atoms with Gasteiger partial charge in [0.25, 0.3) is 0 Å². The van der Waals surface area contributed by atoms with Gasteiger partial charge in [0.1, 0.15) is 17.1 Å².